The summed E-state index contributed by atoms with van der Waals surface area (Å²) in [6.07, 6.45) is 2.89. The van der Waals surface area contributed by atoms with Crippen molar-refractivity contribution in [3.8, 4) is 0 Å². The van der Waals surface area contributed by atoms with Crippen LogP contribution in [0.25, 0.3) is 0 Å². The molecule has 0 N–H and O–H groups in total. The van der Waals surface area contributed by atoms with E-state index in [1.54, 1.807) is 4.68 Å². The number of aryl methyl sites for hydroxylation is 1. The van der Waals surface area contributed by atoms with Crippen molar-refractivity contribution in [3.05, 3.63) is 12.2 Å². The van der Waals surface area contributed by atoms with Crippen molar-refractivity contribution in [1.29, 1.82) is 0 Å². The lowest BCUT2D eigenvalue weighted by molar-refractivity contribution is 0.560. The van der Waals surface area contributed by atoms with Crippen molar-refractivity contribution in [3.63, 3.8) is 0 Å². The highest BCUT2D eigenvalue weighted by atomic mass is 16.1. The van der Waals surface area contributed by atoms with Gasteiger partial charge in [-0.15, -0.1) is 0 Å². The minimum absolute atomic E-state index is 0.261. The molecule has 0 radical (unpaired) electrons. The molecule has 0 bridgehead atoms. The topological polar surface area (TPSA) is 60.1 Å². The van der Waals surface area contributed by atoms with Gasteiger partial charge in [-0.25, -0.2) is 14.5 Å². The van der Waals surface area contributed by atoms with Crippen LogP contribution in [0, 0.1) is 0 Å². The van der Waals surface area contributed by atoms with Crippen molar-refractivity contribution >= 4 is 6.08 Å². The van der Waals surface area contributed by atoms with Gasteiger partial charge in [0.05, 0.1) is 0 Å². The molecule has 58 valence electrons. The Morgan fingerprint density at radius 2 is 2.64 bits per heavy atom. The van der Waals surface area contributed by atoms with E-state index in [4.69, 9.17) is 0 Å². The number of aromatic nitrogens is 3. The van der Waals surface area contributed by atoms with Crippen LogP contribution >= 0.6 is 0 Å². The molecule has 1 heterocycles. The third kappa shape index (κ3) is 1.72. The van der Waals surface area contributed by atoms with Crippen molar-refractivity contribution < 1.29 is 4.79 Å². The molecule has 0 unspecified atom stereocenters. The van der Waals surface area contributed by atoms with Gasteiger partial charge in [0.15, 0.2) is 0 Å². The summed E-state index contributed by atoms with van der Waals surface area (Å²) in [4.78, 5) is 17.0. The zero-order valence-corrected chi connectivity index (χ0v) is 6.19. The van der Waals surface area contributed by atoms with E-state index in [1.807, 2.05) is 6.92 Å². The number of hydrogen-bond donors (Lipinski definition) is 0. The van der Waals surface area contributed by atoms with Gasteiger partial charge in [0.1, 0.15) is 18.7 Å². The van der Waals surface area contributed by atoms with Gasteiger partial charge in [0.25, 0.3) is 0 Å². The minimum atomic E-state index is 0.261. The summed E-state index contributed by atoms with van der Waals surface area (Å²) in [5, 5.41) is 3.90. The summed E-state index contributed by atoms with van der Waals surface area (Å²) in [5.74, 6) is 0.691. The van der Waals surface area contributed by atoms with Crippen LogP contribution < -0.4 is 0 Å². The van der Waals surface area contributed by atoms with E-state index < -0.39 is 0 Å². The fourth-order valence-electron chi connectivity index (χ4n) is 0.778. The lowest BCUT2D eigenvalue weighted by Crippen LogP contribution is -2.02. The highest BCUT2D eigenvalue weighted by Gasteiger charge is 1.98. The number of hydrogen-bond acceptors (Lipinski definition) is 4. The van der Waals surface area contributed by atoms with Crippen molar-refractivity contribution in [2.75, 3.05) is 0 Å². The van der Waals surface area contributed by atoms with Crippen molar-refractivity contribution in [2.45, 2.75) is 20.0 Å². The Balaban J connectivity index is 2.75. The van der Waals surface area contributed by atoms with Gasteiger partial charge in [0, 0.05) is 6.54 Å². The Hall–Kier alpha value is -1.48. The number of rotatable bonds is 3. The van der Waals surface area contributed by atoms with E-state index in [-0.39, 0.29) is 6.54 Å². The molecule has 0 amide bonds. The molecular formula is C6H8N4O. The number of carbonyl (C=O) groups excluding carboxylic acids is 1. The number of isocyanates is 1. The van der Waals surface area contributed by atoms with Crippen molar-refractivity contribution in [1.82, 2.24) is 14.8 Å². The summed E-state index contributed by atoms with van der Waals surface area (Å²) in [5.41, 5.74) is 0. The van der Waals surface area contributed by atoms with E-state index in [1.165, 1.54) is 12.4 Å². The van der Waals surface area contributed by atoms with E-state index in [0.717, 1.165) is 6.54 Å². The summed E-state index contributed by atoms with van der Waals surface area (Å²) >= 11 is 0. The molecule has 0 saturated heterocycles. The Kier molecular flexibility index (Phi) is 2.52. The molecule has 1 aromatic rings. The van der Waals surface area contributed by atoms with Crippen LogP contribution in [0.5, 0.6) is 0 Å². The van der Waals surface area contributed by atoms with Crippen LogP contribution in [0.15, 0.2) is 11.3 Å². The smallest absolute Gasteiger partial charge is 0.235 e. The first-order chi connectivity index (χ1) is 5.38. The zero-order chi connectivity index (χ0) is 8.10. The minimum Gasteiger partial charge on any atom is -0.249 e. The average molecular weight is 152 g/mol. The molecule has 0 saturated carbocycles. The molecule has 0 aromatic carbocycles. The van der Waals surface area contributed by atoms with Gasteiger partial charge in [-0.3, -0.25) is 0 Å². The number of nitrogens with zero attached hydrogens (tertiary/aromatic N) is 4. The quantitative estimate of drug-likeness (QED) is 0.457. The first-order valence-electron chi connectivity index (χ1n) is 3.28. The Morgan fingerprint density at radius 3 is 3.27 bits per heavy atom. The van der Waals surface area contributed by atoms with Crippen LogP contribution in [0.4, 0.5) is 0 Å². The van der Waals surface area contributed by atoms with E-state index in [9.17, 15) is 4.79 Å². The highest BCUT2D eigenvalue weighted by molar-refractivity contribution is 5.32. The third-order valence-electron chi connectivity index (χ3n) is 1.28. The maximum absolute atomic E-state index is 9.75. The Morgan fingerprint density at radius 1 is 1.82 bits per heavy atom. The molecule has 1 rings (SSSR count). The predicted octanol–water partition coefficient (Wildman–Crippen LogP) is 0.134. The molecule has 5 nitrogen and oxygen atoms in total. The third-order valence-corrected chi connectivity index (χ3v) is 1.28. The predicted molar refractivity (Wildman–Crippen MR) is 37.5 cm³/mol. The van der Waals surface area contributed by atoms with Gasteiger partial charge in [0.2, 0.25) is 6.08 Å². The van der Waals surface area contributed by atoms with Crippen LogP contribution in [-0.2, 0) is 17.9 Å². The highest BCUT2D eigenvalue weighted by Crippen LogP contribution is 1.94. The van der Waals surface area contributed by atoms with Gasteiger partial charge in [-0.1, -0.05) is 0 Å². The second kappa shape index (κ2) is 3.63. The van der Waals surface area contributed by atoms with E-state index in [2.05, 4.69) is 15.1 Å². The molecule has 1 aromatic heterocycles. The molecule has 0 aliphatic heterocycles. The largest absolute Gasteiger partial charge is 0.249 e. The van der Waals surface area contributed by atoms with Crippen LogP contribution in [0.3, 0.4) is 0 Å². The summed E-state index contributed by atoms with van der Waals surface area (Å²) < 4.78 is 1.68. The van der Waals surface area contributed by atoms with Gasteiger partial charge in [-0.2, -0.15) is 10.1 Å². The maximum Gasteiger partial charge on any atom is 0.235 e. The molecule has 11 heavy (non-hydrogen) atoms. The summed E-state index contributed by atoms with van der Waals surface area (Å²) in [6, 6.07) is 0. The lowest BCUT2D eigenvalue weighted by atomic mass is 10.6. The molecular weight excluding hydrogens is 144 g/mol. The van der Waals surface area contributed by atoms with Crippen LogP contribution in [0.1, 0.15) is 12.7 Å². The van der Waals surface area contributed by atoms with Crippen LogP contribution in [0.2, 0.25) is 0 Å². The van der Waals surface area contributed by atoms with Gasteiger partial charge in [-0.05, 0) is 6.92 Å². The normalized spacial score (nSPS) is 9.18. The fraction of sp³-hybridized carbons (Fsp3) is 0.500. The van der Waals surface area contributed by atoms with Gasteiger partial charge >= 0.3 is 0 Å². The molecule has 5 heteroatoms. The molecule has 0 fully saturated rings. The fourth-order valence-corrected chi connectivity index (χ4v) is 0.778. The maximum atomic E-state index is 9.75. The Labute approximate surface area is 63.8 Å². The SMILES string of the molecule is CCn1ncnc1CN=C=O. The second-order valence-corrected chi connectivity index (χ2v) is 1.90. The first kappa shape index (κ1) is 7.63. The standard InChI is InChI=1S/C6H8N4O/c1-2-10-6(3-7-5-11)8-4-9-10/h4H,2-3H2,1H3. The van der Waals surface area contributed by atoms with Gasteiger partial charge < -0.3 is 0 Å². The summed E-state index contributed by atoms with van der Waals surface area (Å²) in [6.45, 7) is 2.95. The summed E-state index contributed by atoms with van der Waals surface area (Å²) in [7, 11) is 0. The molecule has 0 spiro atoms. The van der Waals surface area contributed by atoms with Crippen LogP contribution in [-0.4, -0.2) is 20.8 Å². The Bertz CT molecular complexity index is 274. The average Bonchev–Trinajstić information content (AvgIpc) is 2.47. The van der Waals surface area contributed by atoms with E-state index >= 15 is 0 Å². The second-order valence-electron chi connectivity index (χ2n) is 1.90. The first-order valence-corrected chi connectivity index (χ1v) is 3.28. The molecule has 0 aliphatic rings. The van der Waals surface area contributed by atoms with Crippen molar-refractivity contribution in [2.24, 2.45) is 4.99 Å². The molecule has 0 aliphatic carbocycles. The zero-order valence-electron chi connectivity index (χ0n) is 6.19. The monoisotopic (exact) mass is 152 g/mol. The lowest BCUT2D eigenvalue weighted by Gasteiger charge is -1.96. The number of aliphatic imine (C=N–C) groups is 1. The van der Waals surface area contributed by atoms with E-state index in [0.29, 0.717) is 5.82 Å². The molecule has 0 atom stereocenters.